The van der Waals surface area contributed by atoms with Crippen LogP contribution < -0.4 is 0 Å². The summed E-state index contributed by atoms with van der Waals surface area (Å²) in [5, 5.41) is 10.2. The van der Waals surface area contributed by atoms with E-state index in [1.54, 1.807) is 0 Å². The van der Waals surface area contributed by atoms with Gasteiger partial charge < -0.3 is 0 Å². The van der Waals surface area contributed by atoms with Crippen molar-refractivity contribution in [1.29, 1.82) is 5.26 Å². The number of nitrogens with zero attached hydrogens (tertiary/aromatic N) is 2. The minimum absolute atomic E-state index is 0.398. The Morgan fingerprint density at radius 2 is 1.79 bits per heavy atom. The number of nitriles is 1. The first-order valence-electron chi connectivity index (χ1n) is 7.30. The van der Waals surface area contributed by atoms with Gasteiger partial charge in [-0.15, -0.1) is 0 Å². The van der Waals surface area contributed by atoms with E-state index >= 15 is 0 Å². The molecule has 0 N–H and O–H groups in total. The van der Waals surface area contributed by atoms with Crippen molar-refractivity contribution < 1.29 is 0 Å². The molecule has 0 atom stereocenters. The van der Waals surface area contributed by atoms with E-state index in [-0.39, 0.29) is 0 Å². The molecule has 98 valence electrons. The molecule has 0 aliphatic heterocycles. The summed E-state index contributed by atoms with van der Waals surface area (Å²) in [6.07, 6.45) is 10.3. The Balaban J connectivity index is 1.64. The predicted molar refractivity (Wildman–Crippen MR) is 75.7 cm³/mol. The highest BCUT2D eigenvalue weighted by molar-refractivity contribution is 8.00. The van der Waals surface area contributed by atoms with Gasteiger partial charge in [0.1, 0.15) is 11.1 Å². The zero-order valence-electron chi connectivity index (χ0n) is 11.0. The summed E-state index contributed by atoms with van der Waals surface area (Å²) < 4.78 is 0.398. The van der Waals surface area contributed by atoms with Crippen LogP contribution in [0.25, 0.3) is 0 Å². The molecule has 0 saturated heterocycles. The molecule has 2 nitrogen and oxygen atoms in total. The summed E-state index contributed by atoms with van der Waals surface area (Å²) >= 11 is 1.92. The molecule has 4 bridgehead atoms. The van der Waals surface area contributed by atoms with Crippen LogP contribution in [-0.4, -0.2) is 9.73 Å². The second kappa shape index (κ2) is 4.24. The van der Waals surface area contributed by atoms with Crippen molar-refractivity contribution in [3.63, 3.8) is 0 Å². The van der Waals surface area contributed by atoms with Crippen molar-refractivity contribution >= 4 is 11.8 Å². The summed E-state index contributed by atoms with van der Waals surface area (Å²) in [5.74, 6) is 2.86. The summed E-state index contributed by atoms with van der Waals surface area (Å²) in [6, 6.07) is 6.06. The topological polar surface area (TPSA) is 36.7 Å². The van der Waals surface area contributed by atoms with Crippen molar-refractivity contribution in [2.45, 2.75) is 48.3 Å². The van der Waals surface area contributed by atoms with Crippen LogP contribution in [0.2, 0.25) is 0 Å². The molecule has 3 heteroatoms. The molecule has 1 aromatic rings. The van der Waals surface area contributed by atoms with Crippen LogP contribution in [0.4, 0.5) is 0 Å². The molecule has 0 unspecified atom stereocenters. The molecule has 0 spiro atoms. The molecule has 4 saturated carbocycles. The quantitative estimate of drug-likeness (QED) is 0.814. The molecule has 0 amide bonds. The van der Waals surface area contributed by atoms with Crippen LogP contribution in [0.15, 0.2) is 23.4 Å². The first-order chi connectivity index (χ1) is 9.26. The molecule has 1 heterocycles. The zero-order chi connectivity index (χ0) is 12.9. The van der Waals surface area contributed by atoms with E-state index in [0.29, 0.717) is 4.75 Å². The largest absolute Gasteiger partial charge is 0.249 e. The second-order valence-electron chi connectivity index (χ2n) is 6.67. The summed E-state index contributed by atoms with van der Waals surface area (Å²) in [4.78, 5) is 4.47. The average Bonchev–Trinajstić information content (AvgIpc) is 2.37. The van der Waals surface area contributed by atoms with E-state index in [2.05, 4.69) is 11.1 Å². The van der Waals surface area contributed by atoms with Crippen molar-refractivity contribution in [2.24, 2.45) is 17.8 Å². The Morgan fingerprint density at radius 3 is 2.37 bits per heavy atom. The maximum Gasteiger partial charge on any atom is 0.114 e. The van der Waals surface area contributed by atoms with Gasteiger partial charge in [-0.3, -0.25) is 0 Å². The Hall–Kier alpha value is -1.01. The summed E-state index contributed by atoms with van der Waals surface area (Å²) in [6.45, 7) is 0. The van der Waals surface area contributed by atoms with Gasteiger partial charge in [0.05, 0.1) is 5.56 Å². The number of aromatic nitrogens is 1. The lowest BCUT2D eigenvalue weighted by Gasteiger charge is -2.56. The molecule has 0 radical (unpaired) electrons. The van der Waals surface area contributed by atoms with Crippen LogP contribution in [0.3, 0.4) is 0 Å². The van der Waals surface area contributed by atoms with Gasteiger partial charge in [0.2, 0.25) is 0 Å². The molecule has 1 aromatic heterocycles. The number of hydrogen-bond acceptors (Lipinski definition) is 3. The molecule has 4 fully saturated rings. The standard InChI is InChI=1S/C16H18N2S/c17-10-14-2-1-3-18-15(14)19-16-7-11-4-12(8-16)6-13(5-11)9-16/h1-3,11-13H,4-9H2. The van der Waals surface area contributed by atoms with Crippen molar-refractivity contribution in [2.75, 3.05) is 0 Å². The zero-order valence-corrected chi connectivity index (χ0v) is 11.8. The van der Waals surface area contributed by atoms with E-state index < -0.39 is 0 Å². The fourth-order valence-electron chi connectivity index (χ4n) is 4.92. The van der Waals surface area contributed by atoms with E-state index in [4.69, 9.17) is 0 Å². The van der Waals surface area contributed by atoms with Gasteiger partial charge in [-0.1, -0.05) is 11.8 Å². The Bertz CT molecular complexity index is 511. The fraction of sp³-hybridized carbons (Fsp3) is 0.625. The fourth-order valence-corrected chi connectivity index (χ4v) is 6.62. The van der Waals surface area contributed by atoms with E-state index in [1.807, 2.05) is 30.1 Å². The highest BCUT2D eigenvalue weighted by Gasteiger charge is 2.51. The van der Waals surface area contributed by atoms with Crippen molar-refractivity contribution in [1.82, 2.24) is 4.98 Å². The lowest BCUT2D eigenvalue weighted by atomic mass is 9.56. The highest BCUT2D eigenvalue weighted by atomic mass is 32.2. The Labute approximate surface area is 118 Å². The van der Waals surface area contributed by atoms with Gasteiger partial charge in [-0.2, -0.15) is 5.26 Å². The van der Waals surface area contributed by atoms with Gasteiger partial charge in [0.25, 0.3) is 0 Å². The van der Waals surface area contributed by atoms with Gasteiger partial charge in [0, 0.05) is 10.9 Å². The van der Waals surface area contributed by atoms with Gasteiger partial charge in [-0.05, 0) is 68.4 Å². The first kappa shape index (κ1) is 11.8. The van der Waals surface area contributed by atoms with E-state index in [1.165, 1.54) is 38.5 Å². The number of rotatable bonds is 2. The monoisotopic (exact) mass is 270 g/mol. The number of pyridine rings is 1. The molecule has 19 heavy (non-hydrogen) atoms. The van der Waals surface area contributed by atoms with Crippen LogP contribution >= 0.6 is 11.8 Å². The van der Waals surface area contributed by atoms with Crippen molar-refractivity contribution in [3.05, 3.63) is 23.9 Å². The van der Waals surface area contributed by atoms with E-state index in [9.17, 15) is 5.26 Å². The second-order valence-corrected chi connectivity index (χ2v) is 8.13. The smallest absolute Gasteiger partial charge is 0.114 e. The minimum Gasteiger partial charge on any atom is -0.249 e. The molecule has 4 aliphatic rings. The first-order valence-corrected chi connectivity index (χ1v) is 8.12. The van der Waals surface area contributed by atoms with Crippen LogP contribution in [-0.2, 0) is 0 Å². The summed E-state index contributed by atoms with van der Waals surface area (Å²) in [5.41, 5.74) is 0.753. The van der Waals surface area contributed by atoms with Crippen LogP contribution in [0.5, 0.6) is 0 Å². The molecule has 0 aromatic carbocycles. The van der Waals surface area contributed by atoms with Crippen LogP contribution in [0, 0.1) is 29.1 Å². The Kier molecular flexibility index (Phi) is 2.63. The normalized spacial score (nSPS) is 39.2. The maximum atomic E-state index is 9.23. The lowest BCUT2D eigenvalue weighted by Crippen LogP contribution is -2.48. The third kappa shape index (κ3) is 1.97. The number of hydrogen-bond donors (Lipinski definition) is 0. The van der Waals surface area contributed by atoms with Crippen LogP contribution in [0.1, 0.15) is 44.1 Å². The predicted octanol–water partition coefficient (Wildman–Crippen LogP) is 4.01. The SMILES string of the molecule is N#Cc1cccnc1SC12CC3CC(CC(C3)C1)C2. The van der Waals surface area contributed by atoms with Gasteiger partial charge in [-0.25, -0.2) is 4.98 Å². The number of thioether (sulfide) groups is 1. The third-order valence-corrected chi connectivity index (χ3v) is 6.64. The van der Waals surface area contributed by atoms with Gasteiger partial charge in [0.15, 0.2) is 0 Å². The molecular weight excluding hydrogens is 252 g/mol. The molecule has 5 rings (SSSR count). The van der Waals surface area contributed by atoms with E-state index in [0.717, 1.165) is 28.3 Å². The Morgan fingerprint density at radius 1 is 1.16 bits per heavy atom. The molecular formula is C16H18N2S. The van der Waals surface area contributed by atoms with Crippen molar-refractivity contribution in [3.8, 4) is 6.07 Å². The van der Waals surface area contributed by atoms with Gasteiger partial charge >= 0.3 is 0 Å². The third-order valence-electron chi connectivity index (χ3n) is 5.19. The lowest BCUT2D eigenvalue weighted by molar-refractivity contribution is 0.0383. The molecule has 4 aliphatic carbocycles. The highest BCUT2D eigenvalue weighted by Crippen LogP contribution is 2.61. The maximum absolute atomic E-state index is 9.23. The minimum atomic E-state index is 0.398. The average molecular weight is 270 g/mol. The summed E-state index contributed by atoms with van der Waals surface area (Å²) in [7, 11) is 0.